The summed E-state index contributed by atoms with van der Waals surface area (Å²) in [7, 11) is 1.70. The zero-order chi connectivity index (χ0) is 22.6. The van der Waals surface area contributed by atoms with Gasteiger partial charge >= 0.3 is 0 Å². The third kappa shape index (κ3) is 8.96. The first-order chi connectivity index (χ1) is 15.7. The van der Waals surface area contributed by atoms with E-state index in [-0.39, 0.29) is 24.0 Å². The summed E-state index contributed by atoms with van der Waals surface area (Å²) in [6, 6.07) is 10.2. The van der Waals surface area contributed by atoms with E-state index in [9.17, 15) is 0 Å². The van der Waals surface area contributed by atoms with E-state index >= 15 is 0 Å². The van der Waals surface area contributed by atoms with Crippen molar-refractivity contribution in [2.24, 2.45) is 4.99 Å². The van der Waals surface area contributed by atoms with Crippen LogP contribution in [0.5, 0.6) is 5.75 Å². The van der Waals surface area contributed by atoms with Gasteiger partial charge in [-0.05, 0) is 43.0 Å². The van der Waals surface area contributed by atoms with Crippen LogP contribution in [0.25, 0.3) is 0 Å². The lowest BCUT2D eigenvalue weighted by atomic mass is 9.98. The van der Waals surface area contributed by atoms with Gasteiger partial charge in [0.25, 0.3) is 0 Å². The van der Waals surface area contributed by atoms with E-state index < -0.39 is 0 Å². The van der Waals surface area contributed by atoms with Gasteiger partial charge in [-0.25, -0.2) is 9.97 Å². The highest BCUT2D eigenvalue weighted by atomic mass is 127. The number of hydrogen-bond donors (Lipinski definition) is 2. The summed E-state index contributed by atoms with van der Waals surface area (Å²) in [5.41, 5.74) is 1.32. The van der Waals surface area contributed by atoms with Gasteiger partial charge in [-0.1, -0.05) is 19.1 Å². The predicted octanol–water partition coefficient (Wildman–Crippen LogP) is 2.97. The maximum Gasteiger partial charge on any atom is 0.225 e. The molecule has 9 heteroatoms. The van der Waals surface area contributed by atoms with Crippen molar-refractivity contribution in [1.82, 2.24) is 25.5 Å². The Morgan fingerprint density at radius 3 is 2.42 bits per heavy atom. The van der Waals surface area contributed by atoms with Gasteiger partial charge in [-0.15, -0.1) is 24.0 Å². The standard InChI is InChI=1S/C24H37N7O.HI/c1-4-25-23(26-13-10-20(2)21-6-8-22(32-3)9-7-21)27-14-15-30-16-18-31(19-17-30)24-28-11-5-12-29-24;/h5-9,11-12,20H,4,10,13-19H2,1-3H3,(H2,25,26,27);1H. The second-order valence-corrected chi connectivity index (χ2v) is 8.03. The first-order valence-corrected chi connectivity index (χ1v) is 11.6. The molecule has 1 aromatic carbocycles. The molecule has 0 spiro atoms. The fourth-order valence-electron chi connectivity index (χ4n) is 3.77. The molecule has 1 aliphatic heterocycles. The largest absolute Gasteiger partial charge is 0.497 e. The van der Waals surface area contributed by atoms with Gasteiger partial charge < -0.3 is 20.3 Å². The Morgan fingerprint density at radius 1 is 1.09 bits per heavy atom. The Bertz CT molecular complexity index is 811. The van der Waals surface area contributed by atoms with E-state index in [2.05, 4.69) is 56.4 Å². The van der Waals surface area contributed by atoms with Gasteiger partial charge in [0.1, 0.15) is 5.75 Å². The Balaban J connectivity index is 0.00000385. The number of guanidine groups is 1. The number of nitrogens with zero attached hydrogens (tertiary/aromatic N) is 5. The van der Waals surface area contributed by atoms with Gasteiger partial charge in [0.05, 0.1) is 7.11 Å². The fourth-order valence-corrected chi connectivity index (χ4v) is 3.77. The lowest BCUT2D eigenvalue weighted by molar-refractivity contribution is 0.260. The van der Waals surface area contributed by atoms with Crippen LogP contribution in [0.15, 0.2) is 47.7 Å². The summed E-state index contributed by atoms with van der Waals surface area (Å²) in [5, 5.41) is 6.84. The first kappa shape index (κ1) is 27.1. The molecule has 2 N–H and O–H groups in total. The number of halogens is 1. The van der Waals surface area contributed by atoms with Gasteiger partial charge in [-0.3, -0.25) is 9.89 Å². The minimum absolute atomic E-state index is 0. The number of rotatable bonds is 10. The molecule has 2 heterocycles. The van der Waals surface area contributed by atoms with Crippen LogP contribution < -0.4 is 20.3 Å². The van der Waals surface area contributed by atoms with E-state index in [1.54, 1.807) is 19.5 Å². The molecule has 1 unspecified atom stereocenters. The number of hydrogen-bond acceptors (Lipinski definition) is 6. The zero-order valence-corrected chi connectivity index (χ0v) is 22.4. The van der Waals surface area contributed by atoms with E-state index in [0.717, 1.165) is 76.4 Å². The lowest BCUT2D eigenvalue weighted by Gasteiger charge is -2.34. The number of anilines is 1. The molecular weight excluding hydrogens is 529 g/mol. The Morgan fingerprint density at radius 2 is 1.79 bits per heavy atom. The van der Waals surface area contributed by atoms with E-state index in [0.29, 0.717) is 5.92 Å². The van der Waals surface area contributed by atoms with Crippen LogP contribution in [0.1, 0.15) is 31.7 Å². The van der Waals surface area contributed by atoms with Crippen molar-refractivity contribution in [3.63, 3.8) is 0 Å². The molecule has 2 aromatic rings. The van der Waals surface area contributed by atoms with Crippen LogP contribution >= 0.6 is 24.0 Å². The number of nitrogens with one attached hydrogen (secondary N) is 2. The molecule has 0 amide bonds. The number of piperazine rings is 1. The van der Waals surface area contributed by atoms with Crippen molar-refractivity contribution in [2.75, 3.05) is 64.4 Å². The molecule has 1 aliphatic rings. The van der Waals surface area contributed by atoms with E-state index in [4.69, 9.17) is 9.73 Å². The summed E-state index contributed by atoms with van der Waals surface area (Å²) < 4.78 is 5.25. The lowest BCUT2D eigenvalue weighted by Crippen LogP contribution is -2.49. The van der Waals surface area contributed by atoms with Crippen molar-refractivity contribution in [3.8, 4) is 5.75 Å². The predicted molar refractivity (Wildman–Crippen MR) is 146 cm³/mol. The summed E-state index contributed by atoms with van der Waals surface area (Å²) in [5.74, 6) is 3.08. The maximum atomic E-state index is 5.25. The highest BCUT2D eigenvalue weighted by Crippen LogP contribution is 2.21. The topological polar surface area (TPSA) is 77.9 Å². The second-order valence-electron chi connectivity index (χ2n) is 8.03. The molecule has 1 aromatic heterocycles. The van der Waals surface area contributed by atoms with Crippen molar-refractivity contribution in [1.29, 1.82) is 0 Å². The minimum Gasteiger partial charge on any atom is -0.497 e. The third-order valence-electron chi connectivity index (χ3n) is 5.79. The van der Waals surface area contributed by atoms with Gasteiger partial charge in [-0.2, -0.15) is 0 Å². The van der Waals surface area contributed by atoms with Crippen LogP contribution in [-0.4, -0.2) is 80.3 Å². The van der Waals surface area contributed by atoms with Gasteiger partial charge in [0, 0.05) is 64.8 Å². The average Bonchev–Trinajstić information content (AvgIpc) is 2.85. The second kappa shape index (κ2) is 14.9. The smallest absolute Gasteiger partial charge is 0.225 e. The van der Waals surface area contributed by atoms with Crippen LogP contribution in [0, 0.1) is 0 Å². The quantitative estimate of drug-likeness (QED) is 0.260. The number of benzene rings is 1. The third-order valence-corrected chi connectivity index (χ3v) is 5.79. The molecular formula is C24H38IN7O. The minimum atomic E-state index is 0. The maximum absolute atomic E-state index is 5.25. The van der Waals surface area contributed by atoms with Crippen LogP contribution in [-0.2, 0) is 0 Å². The van der Waals surface area contributed by atoms with Gasteiger partial charge in [0.2, 0.25) is 5.95 Å². The number of ether oxygens (including phenoxy) is 1. The van der Waals surface area contributed by atoms with Crippen molar-refractivity contribution < 1.29 is 4.74 Å². The average molecular weight is 568 g/mol. The molecule has 1 saturated heterocycles. The van der Waals surface area contributed by atoms with Crippen molar-refractivity contribution in [3.05, 3.63) is 48.3 Å². The molecule has 3 rings (SSSR count). The van der Waals surface area contributed by atoms with Crippen LogP contribution in [0.2, 0.25) is 0 Å². The molecule has 8 nitrogen and oxygen atoms in total. The first-order valence-electron chi connectivity index (χ1n) is 11.6. The molecule has 0 saturated carbocycles. The molecule has 0 bridgehead atoms. The molecule has 1 fully saturated rings. The van der Waals surface area contributed by atoms with Crippen molar-refractivity contribution in [2.45, 2.75) is 26.2 Å². The fraction of sp³-hybridized carbons (Fsp3) is 0.542. The van der Waals surface area contributed by atoms with E-state index in [1.165, 1.54) is 5.56 Å². The van der Waals surface area contributed by atoms with E-state index in [1.807, 2.05) is 18.2 Å². The molecule has 0 aliphatic carbocycles. The molecule has 182 valence electrons. The summed E-state index contributed by atoms with van der Waals surface area (Å²) >= 11 is 0. The molecule has 1 atom stereocenters. The number of aromatic nitrogens is 2. The summed E-state index contributed by atoms with van der Waals surface area (Å²) in [6.07, 6.45) is 4.61. The number of aliphatic imine (C=N–C) groups is 1. The number of methoxy groups -OCH3 is 1. The summed E-state index contributed by atoms with van der Waals surface area (Å²) in [6.45, 7) is 11.8. The Labute approximate surface area is 215 Å². The van der Waals surface area contributed by atoms with Crippen LogP contribution in [0.4, 0.5) is 5.95 Å². The highest BCUT2D eigenvalue weighted by Gasteiger charge is 2.18. The molecule has 33 heavy (non-hydrogen) atoms. The van der Waals surface area contributed by atoms with Crippen LogP contribution in [0.3, 0.4) is 0 Å². The Kier molecular flexibility index (Phi) is 12.2. The normalized spacial score (nSPS) is 15.5. The SMILES string of the molecule is CCNC(=NCCC(C)c1ccc(OC)cc1)NCCN1CCN(c2ncccn2)CC1.I. The Hall–Kier alpha value is -2.14. The summed E-state index contributed by atoms with van der Waals surface area (Å²) in [4.78, 5) is 18.2. The monoisotopic (exact) mass is 567 g/mol. The molecule has 0 radical (unpaired) electrons. The van der Waals surface area contributed by atoms with Gasteiger partial charge in [0.15, 0.2) is 5.96 Å². The van der Waals surface area contributed by atoms with Crippen molar-refractivity contribution >= 4 is 35.9 Å². The zero-order valence-electron chi connectivity index (χ0n) is 20.0. The highest BCUT2D eigenvalue weighted by molar-refractivity contribution is 14.0.